The molecule has 142 valence electrons. The van der Waals surface area contributed by atoms with Crippen molar-refractivity contribution in [3.63, 3.8) is 0 Å². The lowest BCUT2D eigenvalue weighted by Gasteiger charge is -2.41. The molecule has 2 aromatic rings. The molecule has 0 bridgehead atoms. The van der Waals surface area contributed by atoms with Gasteiger partial charge in [0.05, 0.1) is 5.52 Å². The molecular weight excluding hydrogens is 354 g/mol. The number of amides is 1. The van der Waals surface area contributed by atoms with Gasteiger partial charge in [0.2, 0.25) is 5.91 Å². The van der Waals surface area contributed by atoms with Crippen molar-refractivity contribution in [3.8, 4) is 0 Å². The number of piperidine rings is 1. The fourth-order valence-corrected chi connectivity index (χ4v) is 3.64. The lowest BCUT2D eigenvalue weighted by atomic mass is 9.98. The van der Waals surface area contributed by atoms with E-state index in [2.05, 4.69) is 24.1 Å². The molecule has 0 spiro atoms. The second-order valence-electron chi connectivity index (χ2n) is 7.52. The Hall–Kier alpha value is -1.79. The van der Waals surface area contributed by atoms with E-state index in [1.807, 2.05) is 0 Å². The van der Waals surface area contributed by atoms with Crippen LogP contribution >= 0.6 is 11.6 Å². The number of benzene rings is 1. The van der Waals surface area contributed by atoms with Crippen molar-refractivity contribution < 1.29 is 9.21 Å². The molecule has 1 saturated heterocycles. The first kappa shape index (κ1) is 19.0. The summed E-state index contributed by atoms with van der Waals surface area (Å²) in [6.07, 6.45) is 3.96. The number of hydrogen-bond donors (Lipinski definition) is 1. The van der Waals surface area contributed by atoms with Gasteiger partial charge < -0.3 is 9.73 Å². The smallest absolute Gasteiger partial charge is 0.408 e. The van der Waals surface area contributed by atoms with Gasteiger partial charge in [-0.25, -0.2) is 4.79 Å². The van der Waals surface area contributed by atoms with Crippen molar-refractivity contribution in [2.45, 2.75) is 51.6 Å². The molecule has 1 amide bonds. The number of carbonyl (C=O) groups is 1. The van der Waals surface area contributed by atoms with Crippen LogP contribution < -0.4 is 11.1 Å². The highest BCUT2D eigenvalue weighted by molar-refractivity contribution is 6.31. The molecule has 1 aliphatic rings. The highest BCUT2D eigenvalue weighted by atomic mass is 35.5. The van der Waals surface area contributed by atoms with Crippen LogP contribution in [0.1, 0.15) is 39.5 Å². The molecule has 0 unspecified atom stereocenters. The van der Waals surface area contributed by atoms with Crippen LogP contribution in [0.2, 0.25) is 5.02 Å². The summed E-state index contributed by atoms with van der Waals surface area (Å²) in [6.45, 7) is 7.38. The number of nitrogens with one attached hydrogen (secondary N) is 1. The maximum absolute atomic E-state index is 12.3. The zero-order valence-electron chi connectivity index (χ0n) is 15.4. The van der Waals surface area contributed by atoms with Gasteiger partial charge in [-0.3, -0.25) is 14.3 Å². The molecule has 0 radical (unpaired) electrons. The first-order chi connectivity index (χ1) is 12.4. The highest BCUT2D eigenvalue weighted by Gasteiger charge is 2.28. The van der Waals surface area contributed by atoms with E-state index in [9.17, 15) is 9.59 Å². The van der Waals surface area contributed by atoms with E-state index >= 15 is 0 Å². The number of oxazole rings is 1. The summed E-state index contributed by atoms with van der Waals surface area (Å²) in [5.74, 6) is -0.533. The molecule has 7 heteroatoms. The summed E-state index contributed by atoms with van der Waals surface area (Å²) in [7, 11) is 0. The number of aryl methyl sites for hydroxylation is 1. The van der Waals surface area contributed by atoms with E-state index in [1.165, 1.54) is 23.8 Å². The van der Waals surface area contributed by atoms with Gasteiger partial charge in [0, 0.05) is 36.1 Å². The van der Waals surface area contributed by atoms with Crippen molar-refractivity contribution in [3.05, 3.63) is 33.8 Å². The SMILES string of the molecule is CC(C)(CNC(=O)CCn1c(=O)oc2cc(Cl)ccc21)N1CCCCC1. The van der Waals surface area contributed by atoms with E-state index in [-0.39, 0.29) is 24.4 Å². The maximum atomic E-state index is 12.3. The highest BCUT2D eigenvalue weighted by Crippen LogP contribution is 2.20. The van der Waals surface area contributed by atoms with Crippen LogP contribution in [0.3, 0.4) is 0 Å². The predicted molar refractivity (Wildman–Crippen MR) is 103 cm³/mol. The average molecular weight is 380 g/mol. The molecule has 26 heavy (non-hydrogen) atoms. The van der Waals surface area contributed by atoms with E-state index in [1.54, 1.807) is 18.2 Å². The standard InChI is InChI=1S/C19H26ClN3O3/c1-19(2,22-9-4-3-5-10-22)13-21-17(24)8-11-23-15-7-6-14(20)12-16(15)26-18(23)25/h6-7,12H,3-5,8-11,13H2,1-2H3,(H,21,24). The Bertz CT molecular complexity index is 834. The molecule has 0 atom stereocenters. The second kappa shape index (κ2) is 7.84. The molecule has 1 aromatic carbocycles. The maximum Gasteiger partial charge on any atom is 0.419 e. The van der Waals surface area contributed by atoms with Crippen LogP contribution in [0.15, 0.2) is 27.4 Å². The molecule has 3 rings (SSSR count). The van der Waals surface area contributed by atoms with Gasteiger partial charge in [0.1, 0.15) is 0 Å². The molecule has 1 fully saturated rings. The fourth-order valence-electron chi connectivity index (χ4n) is 3.48. The fraction of sp³-hybridized carbons (Fsp3) is 0.579. The third-order valence-corrected chi connectivity index (χ3v) is 5.36. The van der Waals surface area contributed by atoms with Gasteiger partial charge in [-0.2, -0.15) is 0 Å². The minimum Gasteiger partial charge on any atom is -0.408 e. The van der Waals surface area contributed by atoms with Crippen LogP contribution in [0.5, 0.6) is 0 Å². The van der Waals surface area contributed by atoms with Crippen LogP contribution in [0.4, 0.5) is 0 Å². The number of halogens is 1. The summed E-state index contributed by atoms with van der Waals surface area (Å²) < 4.78 is 6.66. The van der Waals surface area contributed by atoms with E-state index in [0.717, 1.165) is 13.1 Å². The largest absolute Gasteiger partial charge is 0.419 e. The number of carbonyl (C=O) groups excluding carboxylic acids is 1. The topological polar surface area (TPSA) is 67.5 Å². The Morgan fingerprint density at radius 3 is 2.73 bits per heavy atom. The minimum absolute atomic E-state index is 0.0635. The third kappa shape index (κ3) is 4.30. The normalized spacial score (nSPS) is 16.1. The molecule has 1 aromatic heterocycles. The molecule has 1 N–H and O–H groups in total. The van der Waals surface area contributed by atoms with Crippen LogP contribution in [-0.2, 0) is 11.3 Å². The summed E-state index contributed by atoms with van der Waals surface area (Å²) >= 11 is 5.92. The number of nitrogens with zero attached hydrogens (tertiary/aromatic N) is 2. The minimum atomic E-state index is -0.469. The average Bonchev–Trinajstić information content (AvgIpc) is 2.93. The van der Waals surface area contributed by atoms with Gasteiger partial charge in [-0.1, -0.05) is 18.0 Å². The number of hydrogen-bond acceptors (Lipinski definition) is 4. The van der Waals surface area contributed by atoms with Crippen molar-refractivity contribution in [1.82, 2.24) is 14.8 Å². The monoisotopic (exact) mass is 379 g/mol. The van der Waals surface area contributed by atoms with E-state index < -0.39 is 5.76 Å². The summed E-state index contributed by atoms with van der Waals surface area (Å²) in [6, 6.07) is 5.05. The van der Waals surface area contributed by atoms with Gasteiger partial charge >= 0.3 is 5.76 Å². The first-order valence-electron chi connectivity index (χ1n) is 9.17. The quantitative estimate of drug-likeness (QED) is 0.837. The Morgan fingerprint density at radius 1 is 1.27 bits per heavy atom. The lowest BCUT2D eigenvalue weighted by molar-refractivity contribution is -0.121. The molecule has 6 nitrogen and oxygen atoms in total. The van der Waals surface area contributed by atoms with Gasteiger partial charge in [-0.05, 0) is 51.9 Å². The number of likely N-dealkylation sites (tertiary alicyclic amines) is 1. The van der Waals surface area contributed by atoms with Crippen LogP contribution in [0, 0.1) is 0 Å². The van der Waals surface area contributed by atoms with Gasteiger partial charge in [-0.15, -0.1) is 0 Å². The second-order valence-corrected chi connectivity index (χ2v) is 7.95. The predicted octanol–water partition coefficient (Wildman–Crippen LogP) is 3.02. The summed E-state index contributed by atoms with van der Waals surface area (Å²) in [4.78, 5) is 26.7. The molecule has 0 aliphatic carbocycles. The zero-order chi connectivity index (χ0) is 18.7. The first-order valence-corrected chi connectivity index (χ1v) is 9.55. The van der Waals surface area contributed by atoms with E-state index in [4.69, 9.17) is 16.0 Å². The van der Waals surface area contributed by atoms with Crippen LogP contribution in [-0.4, -0.2) is 40.5 Å². The Morgan fingerprint density at radius 2 is 2.00 bits per heavy atom. The van der Waals surface area contributed by atoms with Crippen molar-refractivity contribution in [2.24, 2.45) is 0 Å². The Balaban J connectivity index is 1.56. The molecule has 2 heterocycles. The number of aromatic nitrogens is 1. The molecule has 1 aliphatic heterocycles. The van der Waals surface area contributed by atoms with Crippen molar-refractivity contribution >= 4 is 28.6 Å². The lowest BCUT2D eigenvalue weighted by Crippen LogP contribution is -2.53. The van der Waals surface area contributed by atoms with Crippen molar-refractivity contribution in [1.29, 1.82) is 0 Å². The Kier molecular flexibility index (Phi) is 5.73. The number of rotatable bonds is 6. The summed E-state index contributed by atoms with van der Waals surface area (Å²) in [5.41, 5.74) is 1.03. The third-order valence-electron chi connectivity index (χ3n) is 5.12. The molecular formula is C19H26ClN3O3. The zero-order valence-corrected chi connectivity index (χ0v) is 16.1. The van der Waals surface area contributed by atoms with Crippen molar-refractivity contribution in [2.75, 3.05) is 19.6 Å². The van der Waals surface area contributed by atoms with E-state index in [0.29, 0.717) is 22.7 Å². The van der Waals surface area contributed by atoms with Gasteiger partial charge in [0.15, 0.2) is 5.58 Å². The van der Waals surface area contributed by atoms with Crippen LogP contribution in [0.25, 0.3) is 11.1 Å². The summed E-state index contributed by atoms with van der Waals surface area (Å²) in [5, 5.41) is 3.52. The molecule has 0 saturated carbocycles. The Labute approximate surface area is 158 Å². The number of fused-ring (bicyclic) bond motifs is 1. The van der Waals surface area contributed by atoms with Gasteiger partial charge in [0.25, 0.3) is 0 Å².